The Balaban J connectivity index is 2.08. The van der Waals surface area contributed by atoms with Crippen LogP contribution in [-0.2, 0) is 4.79 Å². The lowest BCUT2D eigenvalue weighted by molar-refractivity contribution is -0.122. The van der Waals surface area contributed by atoms with E-state index >= 15 is 0 Å². The first-order chi connectivity index (χ1) is 11.4. The predicted octanol–water partition coefficient (Wildman–Crippen LogP) is 5.22. The van der Waals surface area contributed by atoms with Crippen molar-refractivity contribution in [3.05, 3.63) is 59.2 Å². The first kappa shape index (κ1) is 18.1. The summed E-state index contributed by atoms with van der Waals surface area (Å²) in [4.78, 5) is 12.4. The van der Waals surface area contributed by atoms with E-state index in [0.717, 1.165) is 29.0 Å². The van der Waals surface area contributed by atoms with Gasteiger partial charge in [-0.2, -0.15) is 0 Å². The number of carbonyl (C=O) groups is 1. The summed E-state index contributed by atoms with van der Waals surface area (Å²) in [6, 6.07) is 13.9. The summed E-state index contributed by atoms with van der Waals surface area (Å²) in [6.45, 7) is 10.2. The lowest BCUT2D eigenvalue weighted by atomic mass is 9.98. The molecule has 0 bridgehead atoms. The Kier molecular flexibility index (Phi) is 6.02. The van der Waals surface area contributed by atoms with Crippen molar-refractivity contribution in [3.63, 3.8) is 0 Å². The minimum Gasteiger partial charge on any atom is -0.481 e. The van der Waals surface area contributed by atoms with Crippen LogP contribution in [0.15, 0.2) is 42.5 Å². The van der Waals surface area contributed by atoms with Gasteiger partial charge in [0.2, 0.25) is 0 Å². The van der Waals surface area contributed by atoms with Crippen molar-refractivity contribution in [2.24, 2.45) is 0 Å². The highest BCUT2D eigenvalue weighted by atomic mass is 16.5. The third-order valence-corrected chi connectivity index (χ3v) is 4.51. The zero-order valence-electron chi connectivity index (χ0n) is 15.2. The maximum atomic E-state index is 12.4. The minimum absolute atomic E-state index is 0.141. The lowest BCUT2D eigenvalue weighted by Gasteiger charge is -2.20. The van der Waals surface area contributed by atoms with Crippen molar-refractivity contribution in [1.29, 1.82) is 0 Å². The number of nitrogens with one attached hydrogen (secondary N) is 1. The molecule has 0 saturated carbocycles. The summed E-state index contributed by atoms with van der Waals surface area (Å²) in [7, 11) is 0. The second kappa shape index (κ2) is 8.00. The topological polar surface area (TPSA) is 38.3 Å². The van der Waals surface area contributed by atoms with Crippen LogP contribution in [0.3, 0.4) is 0 Å². The van der Waals surface area contributed by atoms with E-state index in [0.29, 0.717) is 5.92 Å². The van der Waals surface area contributed by atoms with Crippen LogP contribution in [0.4, 0.5) is 5.69 Å². The van der Waals surface area contributed by atoms with Crippen molar-refractivity contribution in [1.82, 2.24) is 0 Å². The van der Waals surface area contributed by atoms with Gasteiger partial charge in [-0.05, 0) is 68.0 Å². The molecule has 3 nitrogen and oxygen atoms in total. The summed E-state index contributed by atoms with van der Waals surface area (Å²) in [5.41, 5.74) is 4.31. The van der Waals surface area contributed by atoms with E-state index in [1.807, 2.05) is 43.3 Å². The van der Waals surface area contributed by atoms with Gasteiger partial charge in [-0.1, -0.05) is 38.1 Å². The minimum atomic E-state index is -0.559. The van der Waals surface area contributed by atoms with E-state index in [4.69, 9.17) is 4.74 Å². The normalized spacial score (nSPS) is 13.2. The van der Waals surface area contributed by atoms with Crippen molar-refractivity contribution in [3.8, 4) is 5.75 Å². The molecule has 0 radical (unpaired) electrons. The Morgan fingerprint density at radius 2 is 1.79 bits per heavy atom. The van der Waals surface area contributed by atoms with E-state index in [9.17, 15) is 4.79 Å². The molecule has 2 aromatic carbocycles. The molecule has 1 amide bonds. The Hall–Kier alpha value is -2.29. The largest absolute Gasteiger partial charge is 0.481 e. The maximum Gasteiger partial charge on any atom is 0.265 e. The number of carbonyl (C=O) groups excluding carboxylic acids is 1. The van der Waals surface area contributed by atoms with Crippen molar-refractivity contribution in [2.75, 3.05) is 5.32 Å². The zero-order valence-corrected chi connectivity index (χ0v) is 15.2. The smallest absolute Gasteiger partial charge is 0.265 e. The molecular formula is C21H27NO2. The molecule has 1 N–H and O–H groups in total. The molecule has 0 spiro atoms. The Morgan fingerprint density at radius 1 is 1.08 bits per heavy atom. The molecule has 2 rings (SSSR count). The maximum absolute atomic E-state index is 12.4. The summed E-state index contributed by atoms with van der Waals surface area (Å²) >= 11 is 0. The molecule has 128 valence electrons. The molecule has 2 aromatic rings. The number of hydrogen-bond donors (Lipinski definition) is 1. The number of anilines is 1. The van der Waals surface area contributed by atoms with Crippen LogP contribution in [0.25, 0.3) is 0 Å². The molecule has 0 heterocycles. The van der Waals surface area contributed by atoms with Gasteiger partial charge in [-0.25, -0.2) is 0 Å². The third kappa shape index (κ3) is 4.38. The average Bonchev–Trinajstić information content (AvgIpc) is 2.58. The number of para-hydroxylation sites is 1. The second-order valence-corrected chi connectivity index (χ2v) is 6.40. The first-order valence-corrected chi connectivity index (χ1v) is 8.56. The van der Waals surface area contributed by atoms with E-state index in [1.165, 1.54) is 5.56 Å². The van der Waals surface area contributed by atoms with Gasteiger partial charge >= 0.3 is 0 Å². The van der Waals surface area contributed by atoms with E-state index in [-0.39, 0.29) is 5.91 Å². The van der Waals surface area contributed by atoms with Crippen LogP contribution in [0.2, 0.25) is 0 Å². The lowest BCUT2D eigenvalue weighted by Crippen LogP contribution is -2.30. The number of benzene rings is 2. The highest BCUT2D eigenvalue weighted by molar-refractivity contribution is 5.94. The predicted molar refractivity (Wildman–Crippen MR) is 99.8 cm³/mol. The Labute approximate surface area is 145 Å². The third-order valence-electron chi connectivity index (χ3n) is 4.51. The van der Waals surface area contributed by atoms with Gasteiger partial charge < -0.3 is 10.1 Å². The van der Waals surface area contributed by atoms with Crippen LogP contribution in [0.5, 0.6) is 5.75 Å². The fraction of sp³-hybridized carbons (Fsp3) is 0.381. The molecular weight excluding hydrogens is 298 g/mol. The highest BCUT2D eigenvalue weighted by Gasteiger charge is 2.18. The summed E-state index contributed by atoms with van der Waals surface area (Å²) in [6.07, 6.45) is 0.473. The summed E-state index contributed by atoms with van der Waals surface area (Å²) in [5, 5.41) is 2.93. The van der Waals surface area contributed by atoms with Crippen LogP contribution in [0, 0.1) is 13.8 Å². The van der Waals surface area contributed by atoms with Crippen LogP contribution in [-0.4, -0.2) is 12.0 Å². The zero-order chi connectivity index (χ0) is 17.7. The molecule has 24 heavy (non-hydrogen) atoms. The van der Waals surface area contributed by atoms with Crippen LogP contribution < -0.4 is 10.1 Å². The van der Waals surface area contributed by atoms with Gasteiger partial charge in [-0.15, -0.1) is 0 Å². The fourth-order valence-electron chi connectivity index (χ4n) is 2.52. The van der Waals surface area contributed by atoms with Crippen LogP contribution in [0.1, 0.15) is 49.8 Å². The molecule has 0 aliphatic rings. The molecule has 0 aliphatic carbocycles. The van der Waals surface area contributed by atoms with Gasteiger partial charge in [0, 0.05) is 5.69 Å². The quantitative estimate of drug-likeness (QED) is 0.790. The van der Waals surface area contributed by atoms with Crippen molar-refractivity contribution in [2.45, 2.75) is 53.1 Å². The average molecular weight is 325 g/mol. The number of amides is 1. The Morgan fingerprint density at radius 3 is 2.46 bits per heavy atom. The van der Waals surface area contributed by atoms with E-state index < -0.39 is 6.10 Å². The van der Waals surface area contributed by atoms with Gasteiger partial charge in [-0.3, -0.25) is 4.79 Å². The van der Waals surface area contributed by atoms with Crippen LogP contribution >= 0.6 is 0 Å². The molecule has 2 unspecified atom stereocenters. The highest BCUT2D eigenvalue weighted by Crippen LogP contribution is 2.29. The summed E-state index contributed by atoms with van der Waals surface area (Å²) < 4.78 is 5.94. The first-order valence-electron chi connectivity index (χ1n) is 8.56. The summed E-state index contributed by atoms with van der Waals surface area (Å²) in [5.74, 6) is 1.04. The standard InChI is InChI=1S/C21H27NO2/c1-6-14(2)19-9-7-8-10-20(19)24-17(5)21(23)22-18-12-11-15(3)16(4)13-18/h7-14,17H,6H2,1-5H3,(H,22,23). The number of hydrogen-bond acceptors (Lipinski definition) is 2. The van der Waals surface area contributed by atoms with Crippen molar-refractivity contribution < 1.29 is 9.53 Å². The molecule has 0 aromatic heterocycles. The SMILES string of the molecule is CCC(C)c1ccccc1OC(C)C(=O)Nc1ccc(C)c(C)c1. The number of ether oxygens (including phenoxy) is 1. The molecule has 2 atom stereocenters. The van der Waals surface area contributed by atoms with Gasteiger partial charge in [0.05, 0.1) is 0 Å². The molecule has 0 aliphatic heterocycles. The Bertz CT molecular complexity index is 709. The van der Waals surface area contributed by atoms with E-state index in [2.05, 4.69) is 32.2 Å². The van der Waals surface area contributed by atoms with E-state index in [1.54, 1.807) is 6.92 Å². The molecule has 0 fully saturated rings. The number of rotatable bonds is 6. The van der Waals surface area contributed by atoms with Crippen molar-refractivity contribution >= 4 is 11.6 Å². The van der Waals surface area contributed by atoms with Gasteiger partial charge in [0.15, 0.2) is 6.10 Å². The second-order valence-electron chi connectivity index (χ2n) is 6.40. The number of aryl methyl sites for hydroxylation is 2. The van der Waals surface area contributed by atoms with Gasteiger partial charge in [0.25, 0.3) is 5.91 Å². The fourth-order valence-corrected chi connectivity index (χ4v) is 2.52. The molecule has 3 heteroatoms. The molecule has 0 saturated heterocycles. The van der Waals surface area contributed by atoms with Gasteiger partial charge in [0.1, 0.15) is 5.75 Å². The monoisotopic (exact) mass is 325 g/mol.